The van der Waals surface area contributed by atoms with Gasteiger partial charge < -0.3 is 14.9 Å². The monoisotopic (exact) mass is 348 g/mol. The van der Waals surface area contributed by atoms with E-state index in [1.165, 1.54) is 0 Å². The molecule has 0 bridgehead atoms. The lowest BCUT2D eigenvalue weighted by atomic mass is 9.89. The number of fused-ring (bicyclic) bond motifs is 1. The first-order valence-corrected chi connectivity index (χ1v) is 7.67. The minimum atomic E-state index is -0.887. The Morgan fingerprint density at radius 2 is 1.85 bits per heavy atom. The van der Waals surface area contributed by atoms with E-state index in [4.69, 9.17) is 14.9 Å². The molecule has 0 aliphatic carbocycles. The molecule has 0 saturated carbocycles. The summed E-state index contributed by atoms with van der Waals surface area (Å²) >= 11 is 0. The van der Waals surface area contributed by atoms with Crippen LogP contribution in [0.15, 0.2) is 67.9 Å². The molecule has 0 radical (unpaired) electrons. The summed E-state index contributed by atoms with van der Waals surface area (Å²) in [5.74, 6) is -0.264. The molecule has 1 atom stereocenters. The molecule has 128 valence electrons. The Hall–Kier alpha value is -3.99. The second-order valence-electron chi connectivity index (χ2n) is 5.64. The largest absolute Gasteiger partial charge is 0.460 e. The zero-order chi connectivity index (χ0) is 18.3. The first-order valence-electron chi connectivity index (χ1n) is 7.67. The Morgan fingerprint density at radius 1 is 1.08 bits per heavy atom. The van der Waals surface area contributed by atoms with Crippen molar-refractivity contribution in [2.45, 2.75) is 5.92 Å². The van der Waals surface area contributed by atoms with Gasteiger partial charge in [0.15, 0.2) is 0 Å². The van der Waals surface area contributed by atoms with Crippen LogP contribution < -0.4 is 21.7 Å². The van der Waals surface area contributed by atoms with Gasteiger partial charge in [-0.25, -0.2) is 4.79 Å². The maximum atomic E-state index is 12.3. The standard InChI is InChI=1S/C18H12N4O4/c19-8-10-13(12-7-6-11(25-12)9-4-2-1-3-5-9)14-16(23)21-18(24)22-17(14)26-15(10)20/h1-7,13H,20H2,(H2,21,22,23,24). The van der Waals surface area contributed by atoms with Crippen molar-refractivity contribution < 1.29 is 9.15 Å². The highest BCUT2D eigenvalue weighted by molar-refractivity contribution is 5.59. The molecule has 0 fully saturated rings. The van der Waals surface area contributed by atoms with Gasteiger partial charge in [-0.2, -0.15) is 5.26 Å². The van der Waals surface area contributed by atoms with Gasteiger partial charge in [0.1, 0.15) is 23.2 Å². The fourth-order valence-electron chi connectivity index (χ4n) is 2.94. The minimum Gasteiger partial charge on any atom is -0.460 e. The number of rotatable bonds is 2. The first kappa shape index (κ1) is 15.5. The topological polar surface area (TPSA) is 138 Å². The number of allylic oxidation sites excluding steroid dienone is 1. The molecule has 0 saturated heterocycles. The highest BCUT2D eigenvalue weighted by Crippen LogP contribution is 2.40. The molecule has 3 heterocycles. The van der Waals surface area contributed by atoms with Crippen molar-refractivity contribution >= 4 is 0 Å². The van der Waals surface area contributed by atoms with Crippen LogP contribution in [0.4, 0.5) is 0 Å². The lowest BCUT2D eigenvalue weighted by Crippen LogP contribution is -2.33. The molecule has 26 heavy (non-hydrogen) atoms. The molecule has 0 amide bonds. The minimum absolute atomic E-state index is 0.0315. The molecule has 1 aromatic carbocycles. The van der Waals surface area contributed by atoms with Crippen molar-refractivity contribution in [3.05, 3.63) is 86.1 Å². The fraction of sp³-hybridized carbons (Fsp3) is 0.0556. The molecule has 1 unspecified atom stereocenters. The van der Waals surface area contributed by atoms with Crippen LogP contribution in [-0.2, 0) is 0 Å². The average molecular weight is 348 g/mol. The summed E-state index contributed by atoms with van der Waals surface area (Å²) < 4.78 is 11.1. The summed E-state index contributed by atoms with van der Waals surface area (Å²) in [6.07, 6.45) is 0. The summed E-state index contributed by atoms with van der Waals surface area (Å²) in [6, 6.07) is 14.7. The van der Waals surface area contributed by atoms with Crippen LogP contribution >= 0.6 is 0 Å². The van der Waals surface area contributed by atoms with Gasteiger partial charge in [-0.05, 0) is 12.1 Å². The zero-order valence-electron chi connectivity index (χ0n) is 13.3. The van der Waals surface area contributed by atoms with E-state index >= 15 is 0 Å². The van der Waals surface area contributed by atoms with Crippen LogP contribution in [-0.4, -0.2) is 9.97 Å². The number of aromatic amines is 2. The van der Waals surface area contributed by atoms with Crippen LogP contribution in [0, 0.1) is 11.3 Å². The maximum Gasteiger partial charge on any atom is 0.328 e. The van der Waals surface area contributed by atoms with Gasteiger partial charge in [-0.15, -0.1) is 0 Å². The highest BCUT2D eigenvalue weighted by Gasteiger charge is 2.36. The van der Waals surface area contributed by atoms with Gasteiger partial charge >= 0.3 is 5.69 Å². The number of benzene rings is 1. The highest BCUT2D eigenvalue weighted by atomic mass is 16.5. The molecule has 8 nitrogen and oxygen atoms in total. The second kappa shape index (κ2) is 5.82. The number of furan rings is 1. The van der Waals surface area contributed by atoms with Crippen molar-refractivity contribution in [2.24, 2.45) is 5.73 Å². The Morgan fingerprint density at radius 3 is 2.58 bits per heavy atom. The third-order valence-electron chi connectivity index (χ3n) is 4.09. The Labute approximate surface area is 146 Å². The van der Waals surface area contributed by atoms with Crippen molar-refractivity contribution in [3.8, 4) is 23.3 Å². The zero-order valence-corrected chi connectivity index (χ0v) is 13.3. The molecule has 4 N–H and O–H groups in total. The summed E-state index contributed by atoms with van der Waals surface area (Å²) in [4.78, 5) is 28.4. The number of hydrogen-bond acceptors (Lipinski definition) is 6. The van der Waals surface area contributed by atoms with E-state index in [0.717, 1.165) is 5.56 Å². The summed E-state index contributed by atoms with van der Waals surface area (Å²) in [5, 5.41) is 9.49. The number of nitrogens with two attached hydrogens (primary N) is 1. The third kappa shape index (κ3) is 2.39. The predicted molar refractivity (Wildman–Crippen MR) is 91.1 cm³/mol. The van der Waals surface area contributed by atoms with E-state index in [1.54, 1.807) is 12.1 Å². The van der Waals surface area contributed by atoms with Gasteiger partial charge in [0.25, 0.3) is 5.56 Å². The number of ether oxygens (including phenoxy) is 1. The number of hydrogen-bond donors (Lipinski definition) is 3. The molecule has 1 aliphatic rings. The quantitative estimate of drug-likeness (QED) is 0.642. The van der Waals surface area contributed by atoms with Gasteiger partial charge in [0, 0.05) is 5.56 Å². The average Bonchev–Trinajstić information content (AvgIpc) is 3.11. The number of nitriles is 1. The van der Waals surface area contributed by atoms with E-state index in [-0.39, 0.29) is 22.9 Å². The number of aromatic nitrogens is 2. The van der Waals surface area contributed by atoms with Crippen LogP contribution in [0.1, 0.15) is 17.2 Å². The van der Waals surface area contributed by atoms with Crippen LogP contribution in [0.2, 0.25) is 0 Å². The lowest BCUT2D eigenvalue weighted by Gasteiger charge is -2.22. The normalized spacial score (nSPS) is 15.9. The van der Waals surface area contributed by atoms with Crippen LogP contribution in [0.5, 0.6) is 5.88 Å². The van der Waals surface area contributed by atoms with Crippen molar-refractivity contribution in [3.63, 3.8) is 0 Å². The van der Waals surface area contributed by atoms with Gasteiger partial charge in [-0.3, -0.25) is 14.8 Å². The summed E-state index contributed by atoms with van der Waals surface area (Å²) in [6.45, 7) is 0. The number of nitrogens with zero attached hydrogens (tertiary/aromatic N) is 1. The Balaban J connectivity index is 1.91. The lowest BCUT2D eigenvalue weighted by molar-refractivity contribution is 0.365. The van der Waals surface area contributed by atoms with E-state index in [1.807, 2.05) is 36.4 Å². The van der Waals surface area contributed by atoms with Crippen LogP contribution in [0.25, 0.3) is 11.3 Å². The van der Waals surface area contributed by atoms with Gasteiger partial charge in [-0.1, -0.05) is 30.3 Å². The fourth-order valence-corrected chi connectivity index (χ4v) is 2.94. The molecular weight excluding hydrogens is 336 g/mol. The summed E-state index contributed by atoms with van der Waals surface area (Å²) in [7, 11) is 0. The van der Waals surface area contributed by atoms with Crippen molar-refractivity contribution in [2.75, 3.05) is 0 Å². The molecule has 0 spiro atoms. The molecule has 1 aliphatic heterocycles. The predicted octanol–water partition coefficient (Wildman–Crippen LogP) is 1.54. The summed E-state index contributed by atoms with van der Waals surface area (Å²) in [5.41, 5.74) is 5.34. The van der Waals surface area contributed by atoms with E-state index < -0.39 is 17.2 Å². The van der Waals surface area contributed by atoms with Gasteiger partial charge in [0.05, 0.1) is 11.5 Å². The molecule has 2 aromatic heterocycles. The first-order chi connectivity index (χ1) is 12.6. The van der Waals surface area contributed by atoms with Crippen molar-refractivity contribution in [1.29, 1.82) is 5.26 Å². The smallest absolute Gasteiger partial charge is 0.328 e. The Kier molecular flexibility index (Phi) is 3.48. The molecule has 3 aromatic rings. The SMILES string of the molecule is N#CC1=C(N)Oc2[nH]c(=O)[nH]c(=O)c2C1c1ccc(-c2ccccc2)o1. The van der Waals surface area contributed by atoms with E-state index in [9.17, 15) is 14.9 Å². The van der Waals surface area contributed by atoms with Crippen molar-refractivity contribution in [1.82, 2.24) is 9.97 Å². The third-order valence-corrected chi connectivity index (χ3v) is 4.09. The van der Waals surface area contributed by atoms with Crippen LogP contribution in [0.3, 0.4) is 0 Å². The molecular formula is C18H12N4O4. The molecule has 4 rings (SSSR count). The second-order valence-corrected chi connectivity index (χ2v) is 5.64. The maximum absolute atomic E-state index is 12.3. The Bertz CT molecular complexity index is 1180. The van der Waals surface area contributed by atoms with E-state index in [0.29, 0.717) is 11.5 Å². The number of nitrogens with one attached hydrogen (secondary N) is 2. The van der Waals surface area contributed by atoms with Gasteiger partial charge in [0.2, 0.25) is 11.8 Å². The van der Waals surface area contributed by atoms with E-state index in [2.05, 4.69) is 9.97 Å². The number of H-pyrrole nitrogens is 2. The molecule has 8 heteroatoms.